The maximum absolute atomic E-state index is 12.8. The van der Waals surface area contributed by atoms with E-state index in [4.69, 9.17) is 18.9 Å². The molecule has 0 rings (SSSR count). The minimum Gasteiger partial charge on any atom is -0.545 e. The van der Waals surface area contributed by atoms with Gasteiger partial charge in [0, 0.05) is 12.8 Å². The molecule has 2 unspecified atom stereocenters. The summed E-state index contributed by atoms with van der Waals surface area (Å²) >= 11 is 0. The third-order valence-electron chi connectivity index (χ3n) is 12.5. The van der Waals surface area contributed by atoms with Gasteiger partial charge >= 0.3 is 11.9 Å². The van der Waals surface area contributed by atoms with Crippen molar-refractivity contribution in [2.45, 2.75) is 283 Å². The first-order chi connectivity index (χ1) is 31.6. The summed E-state index contributed by atoms with van der Waals surface area (Å²) in [6.07, 6.45) is 51.5. The smallest absolute Gasteiger partial charge is 0.306 e. The summed E-state index contributed by atoms with van der Waals surface area (Å²) in [5.41, 5.74) is 0. The van der Waals surface area contributed by atoms with Crippen LogP contribution in [-0.4, -0.2) is 82.3 Å². The highest BCUT2D eigenvalue weighted by molar-refractivity contribution is 5.70. The Morgan fingerprint density at radius 1 is 0.446 bits per heavy atom. The fourth-order valence-corrected chi connectivity index (χ4v) is 8.18. The molecule has 0 aromatic heterocycles. The number of carboxylic acids is 1. The van der Waals surface area contributed by atoms with Crippen molar-refractivity contribution >= 4 is 17.9 Å². The van der Waals surface area contributed by atoms with Crippen LogP contribution in [0, 0.1) is 0 Å². The molecule has 0 bridgehead atoms. The van der Waals surface area contributed by atoms with Crippen molar-refractivity contribution in [2.24, 2.45) is 0 Å². The number of quaternary nitrogens is 1. The number of unbranched alkanes of at least 4 members (excludes halogenated alkanes) is 35. The van der Waals surface area contributed by atoms with Crippen molar-refractivity contribution in [3.63, 3.8) is 0 Å². The highest BCUT2D eigenvalue weighted by Crippen LogP contribution is 2.17. The van der Waals surface area contributed by atoms with E-state index in [2.05, 4.69) is 26.0 Å². The number of hydrogen-bond donors (Lipinski definition) is 0. The molecule has 0 N–H and O–H groups in total. The third-order valence-corrected chi connectivity index (χ3v) is 12.5. The Morgan fingerprint density at radius 3 is 1.14 bits per heavy atom. The van der Waals surface area contributed by atoms with E-state index in [-0.39, 0.29) is 32.2 Å². The topological polar surface area (TPSA) is 111 Å². The molecule has 384 valence electrons. The van der Waals surface area contributed by atoms with Crippen molar-refractivity contribution in [1.82, 2.24) is 0 Å². The molecular weight excluding hydrogens is 815 g/mol. The molecule has 0 radical (unpaired) electrons. The molecule has 9 nitrogen and oxygen atoms in total. The van der Waals surface area contributed by atoms with Crippen LogP contribution in [0.2, 0.25) is 0 Å². The number of rotatable bonds is 52. The van der Waals surface area contributed by atoms with E-state index in [0.717, 1.165) is 38.5 Å². The predicted molar refractivity (Wildman–Crippen MR) is 270 cm³/mol. The second-order valence-corrected chi connectivity index (χ2v) is 20.2. The number of carboxylic acid groups (broad SMARTS) is 1. The Morgan fingerprint density at radius 2 is 0.785 bits per heavy atom. The summed E-state index contributed by atoms with van der Waals surface area (Å²) in [6.45, 7) is 4.76. The van der Waals surface area contributed by atoms with Gasteiger partial charge in [0.1, 0.15) is 13.2 Å². The van der Waals surface area contributed by atoms with Gasteiger partial charge in [-0.1, -0.05) is 231 Å². The van der Waals surface area contributed by atoms with E-state index >= 15 is 0 Å². The standard InChI is InChI=1S/C56H107NO8/c1-6-8-10-12-14-16-17-18-19-20-21-22-23-24-25-26-27-28-29-30-31-32-33-34-35-36-37-39-41-43-45-47-54(59)65-52(51-64-56(55(60)61)62-49-48-57(3,4)5)50-63-53(58)46-44-42-40-38-15-13-11-9-7-2/h20-21,52,56H,6-19,22-51H2,1-5H3/b21-20-. The molecule has 0 aromatic carbocycles. The largest absolute Gasteiger partial charge is 0.545 e. The lowest BCUT2D eigenvalue weighted by atomic mass is 10.0. The number of aliphatic carboxylic acids is 1. The Labute approximate surface area is 402 Å². The van der Waals surface area contributed by atoms with E-state index in [1.165, 1.54) is 205 Å². The van der Waals surface area contributed by atoms with E-state index in [1.54, 1.807) is 0 Å². The average molecular weight is 922 g/mol. The zero-order valence-corrected chi connectivity index (χ0v) is 43.6. The molecule has 0 amide bonds. The van der Waals surface area contributed by atoms with Gasteiger partial charge in [0.05, 0.1) is 40.3 Å². The molecule has 9 heteroatoms. The zero-order valence-electron chi connectivity index (χ0n) is 43.6. The molecule has 0 aromatic rings. The van der Waals surface area contributed by atoms with Gasteiger partial charge in [0.2, 0.25) is 0 Å². The van der Waals surface area contributed by atoms with Crippen LogP contribution in [-0.2, 0) is 33.3 Å². The maximum Gasteiger partial charge on any atom is 0.306 e. The molecule has 0 fully saturated rings. The summed E-state index contributed by atoms with van der Waals surface area (Å²) in [5, 5.41) is 11.7. The number of hydrogen-bond acceptors (Lipinski definition) is 8. The minimum atomic E-state index is -1.61. The van der Waals surface area contributed by atoms with Crippen LogP contribution in [0.15, 0.2) is 12.2 Å². The minimum absolute atomic E-state index is 0.152. The molecule has 0 saturated carbocycles. The van der Waals surface area contributed by atoms with E-state index in [0.29, 0.717) is 17.4 Å². The molecule has 2 atom stereocenters. The van der Waals surface area contributed by atoms with Crippen LogP contribution in [0.1, 0.15) is 271 Å². The number of ether oxygens (including phenoxy) is 4. The van der Waals surface area contributed by atoms with Crippen molar-refractivity contribution in [1.29, 1.82) is 0 Å². The normalized spacial score (nSPS) is 12.8. The van der Waals surface area contributed by atoms with Crippen molar-refractivity contribution in [2.75, 3.05) is 47.5 Å². The summed E-state index contributed by atoms with van der Waals surface area (Å²) < 4.78 is 22.6. The molecule has 65 heavy (non-hydrogen) atoms. The first kappa shape index (κ1) is 63.0. The van der Waals surface area contributed by atoms with Gasteiger partial charge in [-0.05, 0) is 38.5 Å². The maximum atomic E-state index is 12.8. The van der Waals surface area contributed by atoms with Crippen molar-refractivity contribution in [3.05, 3.63) is 12.2 Å². The van der Waals surface area contributed by atoms with Gasteiger partial charge in [-0.25, -0.2) is 0 Å². The average Bonchev–Trinajstić information content (AvgIpc) is 3.27. The van der Waals surface area contributed by atoms with Crippen LogP contribution >= 0.6 is 0 Å². The number of carbonyl (C=O) groups is 3. The van der Waals surface area contributed by atoms with Crippen LogP contribution in [0.25, 0.3) is 0 Å². The lowest BCUT2D eigenvalue weighted by Gasteiger charge is -2.26. The fraction of sp³-hybridized carbons (Fsp3) is 0.911. The molecule has 0 aliphatic rings. The Kier molecular flexibility index (Phi) is 47.0. The van der Waals surface area contributed by atoms with Gasteiger partial charge in [-0.2, -0.15) is 0 Å². The highest BCUT2D eigenvalue weighted by atomic mass is 16.7. The fourth-order valence-electron chi connectivity index (χ4n) is 8.18. The number of allylic oxidation sites excluding steroid dienone is 2. The van der Waals surface area contributed by atoms with Gasteiger partial charge < -0.3 is 33.3 Å². The van der Waals surface area contributed by atoms with Crippen LogP contribution < -0.4 is 5.11 Å². The summed E-state index contributed by atoms with van der Waals surface area (Å²) in [6, 6.07) is 0. The SMILES string of the molecule is CCCCCCCCCC/C=C\CCCCCCCCCCCCCCCCCCCCCC(=O)OC(COC(=O)CCCCCCCCCCC)COC(OCC[N+](C)(C)C)C(=O)[O-]. The summed E-state index contributed by atoms with van der Waals surface area (Å²) in [7, 11) is 5.92. The third kappa shape index (κ3) is 49.8. The molecule has 0 saturated heterocycles. The first-order valence-corrected chi connectivity index (χ1v) is 27.8. The number of nitrogens with zero attached hydrogens (tertiary/aromatic N) is 1. The van der Waals surface area contributed by atoms with Crippen LogP contribution in [0.5, 0.6) is 0 Å². The molecular formula is C56H107NO8. The van der Waals surface area contributed by atoms with Gasteiger partial charge in [-0.3, -0.25) is 9.59 Å². The van der Waals surface area contributed by atoms with Crippen molar-refractivity contribution in [3.8, 4) is 0 Å². The molecule has 0 aliphatic carbocycles. The van der Waals surface area contributed by atoms with Crippen LogP contribution in [0.3, 0.4) is 0 Å². The first-order valence-electron chi connectivity index (χ1n) is 27.8. The van der Waals surface area contributed by atoms with Gasteiger partial charge in [-0.15, -0.1) is 0 Å². The lowest BCUT2D eigenvalue weighted by molar-refractivity contribution is -0.870. The van der Waals surface area contributed by atoms with E-state index < -0.39 is 24.3 Å². The Bertz CT molecular complexity index is 1070. The Balaban J connectivity index is 4.00. The van der Waals surface area contributed by atoms with Gasteiger partial charge in [0.25, 0.3) is 0 Å². The molecule has 0 heterocycles. The van der Waals surface area contributed by atoms with Crippen LogP contribution in [0.4, 0.5) is 0 Å². The predicted octanol–water partition coefficient (Wildman–Crippen LogP) is 14.5. The molecule has 0 aliphatic heterocycles. The Hall–Kier alpha value is -1.97. The monoisotopic (exact) mass is 922 g/mol. The number of likely N-dealkylation sites (N-methyl/N-ethyl adjacent to an activating group) is 1. The summed E-state index contributed by atoms with van der Waals surface area (Å²) in [4.78, 5) is 37.0. The highest BCUT2D eigenvalue weighted by Gasteiger charge is 2.22. The zero-order chi connectivity index (χ0) is 47.7. The summed E-state index contributed by atoms with van der Waals surface area (Å²) in [5.74, 6) is -2.27. The molecule has 0 spiro atoms. The second kappa shape index (κ2) is 48.5. The van der Waals surface area contributed by atoms with E-state index in [1.807, 2.05) is 21.1 Å². The quantitative estimate of drug-likeness (QED) is 0.0195. The van der Waals surface area contributed by atoms with Gasteiger partial charge in [0.15, 0.2) is 12.4 Å². The lowest BCUT2D eigenvalue weighted by Crippen LogP contribution is -2.44. The second-order valence-electron chi connectivity index (χ2n) is 20.2. The number of esters is 2. The van der Waals surface area contributed by atoms with Crippen molar-refractivity contribution < 1.29 is 42.9 Å². The number of carbonyl (C=O) groups excluding carboxylic acids is 3. The van der Waals surface area contributed by atoms with E-state index in [9.17, 15) is 19.5 Å².